The lowest BCUT2D eigenvalue weighted by atomic mass is 9.46. The standard InChI is InChI=1S/C33H32Cl3FO6S/c1-17-11-22-21-7-6-19-13-20(38)8-9-30(19,2)32(21,36)27(39)15-31(22,3)33(17,43-28(40)26-5-4-10-42-26)29(41)44-16-18-12-25(37)24(35)14-23(18)34/h4-5,8-10,12-14,17,21-22,27,39H,6-7,11,15-16H2,1-3H3/t17-,21?,22?,27+,30?,31?,32+,33+/m1/s1. The summed E-state index contributed by atoms with van der Waals surface area (Å²) in [7, 11) is 0. The van der Waals surface area contributed by atoms with Crippen LogP contribution in [0.5, 0.6) is 0 Å². The zero-order chi connectivity index (χ0) is 31.8. The summed E-state index contributed by atoms with van der Waals surface area (Å²) < 4.78 is 25.9. The minimum Gasteiger partial charge on any atom is -0.457 e. The molecule has 6 nitrogen and oxygen atoms in total. The minimum atomic E-state index is -1.68. The number of benzene rings is 1. The Bertz CT molecular complexity index is 1610. The molecule has 2 aromatic rings. The quantitative estimate of drug-likeness (QED) is 0.194. The van der Waals surface area contributed by atoms with Crippen LogP contribution < -0.4 is 0 Å². The van der Waals surface area contributed by atoms with Gasteiger partial charge in [-0.3, -0.25) is 9.59 Å². The van der Waals surface area contributed by atoms with Crippen molar-refractivity contribution in [1.29, 1.82) is 0 Å². The van der Waals surface area contributed by atoms with E-state index in [1.165, 1.54) is 30.5 Å². The van der Waals surface area contributed by atoms with Crippen LogP contribution in [0.3, 0.4) is 0 Å². The molecule has 4 aliphatic carbocycles. The van der Waals surface area contributed by atoms with E-state index in [-0.39, 0.29) is 45.6 Å². The van der Waals surface area contributed by atoms with Crippen molar-refractivity contribution in [3.8, 4) is 0 Å². The zero-order valence-corrected chi connectivity index (χ0v) is 27.5. The number of fused-ring (bicyclic) bond motifs is 5. The number of rotatable bonds is 5. The molecule has 3 saturated carbocycles. The Morgan fingerprint density at radius 2 is 1.95 bits per heavy atom. The van der Waals surface area contributed by atoms with E-state index >= 15 is 0 Å². The minimum absolute atomic E-state index is 0.00967. The normalized spacial score (nSPS) is 37.5. The molecule has 0 radical (unpaired) electrons. The van der Waals surface area contributed by atoms with E-state index in [1.807, 2.05) is 26.8 Å². The number of hydrogen-bond acceptors (Lipinski definition) is 7. The third-order valence-corrected chi connectivity index (χ3v) is 13.5. The van der Waals surface area contributed by atoms with Crippen LogP contribution in [0.25, 0.3) is 0 Å². The molecule has 0 bridgehead atoms. The van der Waals surface area contributed by atoms with Gasteiger partial charge < -0.3 is 14.3 Å². The average molecular weight is 682 g/mol. The molecule has 8 atom stereocenters. The first-order valence-corrected chi connectivity index (χ1v) is 16.7. The summed E-state index contributed by atoms with van der Waals surface area (Å²) in [5, 5.41) is 11.7. The van der Waals surface area contributed by atoms with Gasteiger partial charge in [-0.25, -0.2) is 9.18 Å². The smallest absolute Gasteiger partial charge is 0.375 e. The summed E-state index contributed by atoms with van der Waals surface area (Å²) in [5.74, 6) is -2.54. The Morgan fingerprint density at radius 3 is 2.66 bits per heavy atom. The lowest BCUT2D eigenvalue weighted by Gasteiger charge is -2.64. The fourth-order valence-electron chi connectivity index (χ4n) is 8.74. The number of esters is 1. The first-order valence-electron chi connectivity index (χ1n) is 14.6. The molecule has 4 aliphatic rings. The molecule has 3 fully saturated rings. The van der Waals surface area contributed by atoms with Crippen LogP contribution in [-0.4, -0.2) is 38.6 Å². The van der Waals surface area contributed by atoms with Crippen LogP contribution in [0.2, 0.25) is 10.0 Å². The van der Waals surface area contributed by atoms with Crippen LogP contribution in [-0.2, 0) is 20.1 Å². The number of thioether (sulfide) groups is 1. The van der Waals surface area contributed by atoms with Crippen LogP contribution in [0, 0.1) is 34.4 Å². The number of aliphatic hydroxyl groups excluding tert-OH is 1. The van der Waals surface area contributed by atoms with E-state index in [1.54, 1.807) is 12.1 Å². The lowest BCUT2D eigenvalue weighted by molar-refractivity contribution is -0.172. The second-order valence-corrected chi connectivity index (χ2v) is 15.3. The number of ketones is 1. The maximum absolute atomic E-state index is 14.6. The van der Waals surface area contributed by atoms with E-state index in [4.69, 9.17) is 44.0 Å². The van der Waals surface area contributed by atoms with E-state index < -0.39 is 50.2 Å². The molecule has 234 valence electrons. The topological polar surface area (TPSA) is 93.8 Å². The Hall–Kier alpha value is -2.10. The fourth-order valence-corrected chi connectivity index (χ4v) is 11.0. The molecular formula is C33H32Cl3FO6S. The van der Waals surface area contributed by atoms with Crippen molar-refractivity contribution >= 4 is 63.4 Å². The number of alkyl halides is 1. The van der Waals surface area contributed by atoms with Gasteiger partial charge in [0.05, 0.1) is 22.3 Å². The molecule has 0 amide bonds. The van der Waals surface area contributed by atoms with Crippen molar-refractivity contribution in [2.45, 2.75) is 68.8 Å². The predicted octanol–water partition coefficient (Wildman–Crippen LogP) is 7.97. The molecule has 4 unspecified atom stereocenters. The molecule has 11 heteroatoms. The van der Waals surface area contributed by atoms with Crippen molar-refractivity contribution in [2.75, 3.05) is 0 Å². The first kappa shape index (κ1) is 31.9. The molecule has 0 aliphatic heterocycles. The summed E-state index contributed by atoms with van der Waals surface area (Å²) in [4.78, 5) is 39.2. The first-order chi connectivity index (χ1) is 20.7. The summed E-state index contributed by atoms with van der Waals surface area (Å²) in [6, 6.07) is 5.51. The number of halogens is 4. The Kier molecular flexibility index (Phi) is 7.97. The van der Waals surface area contributed by atoms with Gasteiger partial charge >= 0.3 is 5.97 Å². The number of aliphatic hydroxyl groups is 1. The van der Waals surface area contributed by atoms with Gasteiger partial charge in [0.15, 0.2) is 11.4 Å². The van der Waals surface area contributed by atoms with Crippen LogP contribution in [0.1, 0.15) is 62.6 Å². The van der Waals surface area contributed by atoms with E-state index in [0.29, 0.717) is 24.8 Å². The number of carbonyl (C=O) groups excluding carboxylic acids is 3. The van der Waals surface area contributed by atoms with Gasteiger partial charge in [-0.1, -0.05) is 67.4 Å². The highest BCUT2D eigenvalue weighted by molar-refractivity contribution is 8.13. The highest BCUT2D eigenvalue weighted by Crippen LogP contribution is 2.72. The lowest BCUT2D eigenvalue weighted by Crippen LogP contribution is -2.69. The van der Waals surface area contributed by atoms with E-state index in [0.717, 1.165) is 17.3 Å². The van der Waals surface area contributed by atoms with Gasteiger partial charge in [-0.2, -0.15) is 0 Å². The van der Waals surface area contributed by atoms with Crippen molar-refractivity contribution in [3.63, 3.8) is 0 Å². The molecule has 1 N–H and O–H groups in total. The maximum Gasteiger partial charge on any atom is 0.375 e. The van der Waals surface area contributed by atoms with Gasteiger partial charge in [0.25, 0.3) is 0 Å². The van der Waals surface area contributed by atoms with Crippen LogP contribution in [0.4, 0.5) is 4.39 Å². The SMILES string of the molecule is C[C@@H]1CC2C3CCC4=CC(=O)C=CC4(C)[C@@]3(Cl)[C@@H](O)CC2(C)[C@@]1(OC(=O)c1ccco1)C(=O)SCc1cc(F)c(Cl)cc1Cl. The summed E-state index contributed by atoms with van der Waals surface area (Å²) in [6.45, 7) is 5.74. The second-order valence-electron chi connectivity index (χ2n) is 12.9. The third kappa shape index (κ3) is 4.42. The number of allylic oxidation sites excluding steroid dienone is 4. The largest absolute Gasteiger partial charge is 0.457 e. The number of furan rings is 1. The van der Waals surface area contributed by atoms with Crippen molar-refractivity contribution < 1.29 is 33.0 Å². The van der Waals surface area contributed by atoms with Gasteiger partial charge in [0.2, 0.25) is 10.9 Å². The fraction of sp³-hybridized carbons (Fsp3) is 0.485. The monoisotopic (exact) mass is 680 g/mol. The third-order valence-electron chi connectivity index (χ3n) is 10.9. The molecular weight excluding hydrogens is 650 g/mol. The second kappa shape index (κ2) is 11.0. The van der Waals surface area contributed by atoms with Gasteiger partial charge in [-0.15, -0.1) is 11.6 Å². The summed E-state index contributed by atoms with van der Waals surface area (Å²) >= 11 is 20.7. The molecule has 1 heterocycles. The molecule has 0 spiro atoms. The Labute approximate surface area is 274 Å². The van der Waals surface area contributed by atoms with E-state index in [2.05, 4.69) is 0 Å². The predicted molar refractivity (Wildman–Crippen MR) is 167 cm³/mol. The van der Waals surface area contributed by atoms with Crippen molar-refractivity contribution in [3.05, 3.63) is 81.5 Å². The highest BCUT2D eigenvalue weighted by Gasteiger charge is 2.76. The Balaban J connectivity index is 1.42. The van der Waals surface area contributed by atoms with E-state index in [9.17, 15) is 23.9 Å². The molecule has 1 aromatic carbocycles. The molecule has 44 heavy (non-hydrogen) atoms. The van der Waals surface area contributed by atoms with Crippen LogP contribution >= 0.6 is 46.6 Å². The zero-order valence-electron chi connectivity index (χ0n) is 24.4. The molecule has 6 rings (SSSR count). The molecule has 1 aromatic heterocycles. The average Bonchev–Trinajstić information content (AvgIpc) is 3.58. The van der Waals surface area contributed by atoms with Crippen molar-refractivity contribution in [1.82, 2.24) is 0 Å². The summed E-state index contributed by atoms with van der Waals surface area (Å²) in [5.41, 5.74) is -2.23. The highest BCUT2D eigenvalue weighted by atomic mass is 35.5. The van der Waals surface area contributed by atoms with Gasteiger partial charge in [0, 0.05) is 27.5 Å². The number of hydrogen-bond donors (Lipinski definition) is 1. The molecule has 0 saturated heterocycles. The number of ether oxygens (including phenoxy) is 1. The Morgan fingerprint density at radius 1 is 1.20 bits per heavy atom. The number of carbonyl (C=O) groups is 3. The summed E-state index contributed by atoms with van der Waals surface area (Å²) in [6.07, 6.45) is 6.98. The van der Waals surface area contributed by atoms with Gasteiger partial charge in [0.1, 0.15) is 5.82 Å². The van der Waals surface area contributed by atoms with Gasteiger partial charge in [-0.05, 0) is 79.5 Å². The maximum atomic E-state index is 14.6. The van der Waals surface area contributed by atoms with Crippen molar-refractivity contribution in [2.24, 2.45) is 28.6 Å². The van der Waals surface area contributed by atoms with Crippen LogP contribution in [0.15, 0.2) is 58.7 Å².